The second-order valence-corrected chi connectivity index (χ2v) is 6.34. The van der Waals surface area contributed by atoms with Crippen molar-refractivity contribution >= 4 is 28.7 Å². The van der Waals surface area contributed by atoms with Gasteiger partial charge in [-0.3, -0.25) is 0 Å². The van der Waals surface area contributed by atoms with Crippen LogP contribution in [0.3, 0.4) is 0 Å². The summed E-state index contributed by atoms with van der Waals surface area (Å²) in [5, 5.41) is 3.93. The van der Waals surface area contributed by atoms with Crippen LogP contribution in [0.5, 0.6) is 11.5 Å². The number of hydrogen-bond donors (Lipinski definition) is 1. The number of thiocarbonyl (C=S) groups is 1. The molecule has 0 amide bonds. The molecule has 1 N–H and O–H groups in total. The maximum absolute atomic E-state index is 13.1. The first kappa shape index (κ1) is 18.3. The van der Waals surface area contributed by atoms with E-state index in [2.05, 4.69) is 15.1 Å². The highest BCUT2D eigenvalue weighted by Gasteiger charge is 2.19. The molecule has 0 saturated carbocycles. The lowest BCUT2D eigenvalue weighted by Gasteiger charge is -2.37. The molecule has 1 aliphatic rings. The van der Waals surface area contributed by atoms with Crippen LogP contribution in [0.25, 0.3) is 0 Å². The average Bonchev–Trinajstić information content (AvgIpc) is 2.68. The van der Waals surface area contributed by atoms with Crippen molar-refractivity contribution in [1.29, 1.82) is 0 Å². The van der Waals surface area contributed by atoms with Crippen LogP contribution < -0.4 is 19.7 Å². The smallest absolute Gasteiger partial charge is 0.173 e. The molecular weight excluding hydrogens is 353 g/mol. The Kier molecular flexibility index (Phi) is 5.78. The molecular formula is C19H22FN3O2S. The summed E-state index contributed by atoms with van der Waals surface area (Å²) in [7, 11) is 3.21. The monoisotopic (exact) mass is 375 g/mol. The average molecular weight is 375 g/mol. The first-order chi connectivity index (χ1) is 12.6. The highest BCUT2D eigenvalue weighted by molar-refractivity contribution is 7.80. The number of ether oxygens (including phenoxy) is 2. The van der Waals surface area contributed by atoms with Crippen molar-refractivity contribution in [2.45, 2.75) is 0 Å². The van der Waals surface area contributed by atoms with Gasteiger partial charge in [0.1, 0.15) is 5.82 Å². The maximum Gasteiger partial charge on any atom is 0.173 e. The molecule has 0 bridgehead atoms. The van der Waals surface area contributed by atoms with Gasteiger partial charge < -0.3 is 24.6 Å². The van der Waals surface area contributed by atoms with E-state index in [1.165, 1.54) is 12.1 Å². The molecule has 2 aromatic rings. The summed E-state index contributed by atoms with van der Waals surface area (Å²) in [6.45, 7) is 3.27. The van der Waals surface area contributed by atoms with Gasteiger partial charge in [-0.25, -0.2) is 4.39 Å². The molecule has 2 aromatic carbocycles. The number of nitrogens with zero attached hydrogens (tertiary/aromatic N) is 2. The summed E-state index contributed by atoms with van der Waals surface area (Å²) in [5.41, 5.74) is 1.89. The normalized spacial score (nSPS) is 14.1. The Labute approximate surface area is 158 Å². The molecule has 0 unspecified atom stereocenters. The fraction of sp³-hybridized carbons (Fsp3) is 0.316. The Bertz CT molecular complexity index is 762. The van der Waals surface area contributed by atoms with Gasteiger partial charge >= 0.3 is 0 Å². The van der Waals surface area contributed by atoms with E-state index in [4.69, 9.17) is 21.7 Å². The van der Waals surface area contributed by atoms with E-state index in [9.17, 15) is 4.39 Å². The first-order valence-electron chi connectivity index (χ1n) is 8.39. The number of hydrogen-bond acceptors (Lipinski definition) is 4. The van der Waals surface area contributed by atoms with Gasteiger partial charge in [0.05, 0.1) is 14.2 Å². The predicted octanol–water partition coefficient (Wildman–Crippen LogP) is 3.36. The molecule has 1 saturated heterocycles. The topological polar surface area (TPSA) is 37.0 Å². The van der Waals surface area contributed by atoms with Crippen LogP contribution in [0.4, 0.5) is 15.8 Å². The van der Waals surface area contributed by atoms with Gasteiger partial charge in [0.2, 0.25) is 0 Å². The standard InChI is InChI=1S/C19H22FN3O2S/c1-24-17-8-5-15(13-18(17)25-2)21-19(26)23-11-9-22(10-12-23)16-6-3-14(20)4-7-16/h3-8,13H,9-12H2,1-2H3,(H,21,26). The zero-order valence-electron chi connectivity index (χ0n) is 14.9. The van der Waals surface area contributed by atoms with Crippen LogP contribution >= 0.6 is 12.2 Å². The zero-order valence-corrected chi connectivity index (χ0v) is 15.7. The molecule has 138 valence electrons. The summed E-state index contributed by atoms with van der Waals surface area (Å²) < 4.78 is 23.6. The molecule has 26 heavy (non-hydrogen) atoms. The van der Waals surface area contributed by atoms with Crippen LogP contribution in [-0.2, 0) is 0 Å². The van der Waals surface area contributed by atoms with Crippen molar-refractivity contribution in [3.63, 3.8) is 0 Å². The van der Waals surface area contributed by atoms with Crippen molar-refractivity contribution in [2.24, 2.45) is 0 Å². The minimum atomic E-state index is -0.215. The minimum absolute atomic E-state index is 0.215. The quantitative estimate of drug-likeness (QED) is 0.826. The third-order valence-electron chi connectivity index (χ3n) is 4.39. The van der Waals surface area contributed by atoms with Crippen molar-refractivity contribution in [2.75, 3.05) is 50.6 Å². The van der Waals surface area contributed by atoms with Gasteiger partial charge in [-0.1, -0.05) is 0 Å². The number of rotatable bonds is 4. The zero-order chi connectivity index (χ0) is 18.5. The molecule has 0 aliphatic carbocycles. The Morgan fingerprint density at radius 3 is 2.23 bits per heavy atom. The Hall–Kier alpha value is -2.54. The van der Waals surface area contributed by atoms with E-state index < -0.39 is 0 Å². The summed E-state index contributed by atoms with van der Waals surface area (Å²) >= 11 is 5.54. The number of nitrogens with one attached hydrogen (secondary N) is 1. The Morgan fingerprint density at radius 1 is 0.962 bits per heavy atom. The van der Waals surface area contributed by atoms with E-state index in [0.717, 1.165) is 37.6 Å². The van der Waals surface area contributed by atoms with Gasteiger partial charge in [0, 0.05) is 43.6 Å². The van der Waals surface area contributed by atoms with E-state index in [0.29, 0.717) is 16.6 Å². The molecule has 0 atom stereocenters. The molecule has 0 radical (unpaired) electrons. The largest absolute Gasteiger partial charge is 0.493 e. The number of benzene rings is 2. The molecule has 1 heterocycles. The van der Waals surface area contributed by atoms with Gasteiger partial charge in [0.15, 0.2) is 16.6 Å². The van der Waals surface area contributed by atoms with Crippen LogP contribution in [0.15, 0.2) is 42.5 Å². The number of piperazine rings is 1. The van der Waals surface area contributed by atoms with Crippen LogP contribution in [0, 0.1) is 5.82 Å². The first-order valence-corrected chi connectivity index (χ1v) is 8.80. The number of anilines is 2. The molecule has 1 aliphatic heterocycles. The molecule has 0 spiro atoms. The van der Waals surface area contributed by atoms with Crippen LogP contribution in [-0.4, -0.2) is 50.4 Å². The van der Waals surface area contributed by atoms with E-state index >= 15 is 0 Å². The fourth-order valence-electron chi connectivity index (χ4n) is 2.94. The van der Waals surface area contributed by atoms with Crippen molar-refractivity contribution < 1.29 is 13.9 Å². The molecule has 7 heteroatoms. The van der Waals surface area contributed by atoms with E-state index in [1.807, 2.05) is 30.3 Å². The predicted molar refractivity (Wildman–Crippen MR) is 106 cm³/mol. The summed E-state index contributed by atoms with van der Waals surface area (Å²) in [4.78, 5) is 4.36. The van der Waals surface area contributed by atoms with Crippen LogP contribution in [0.1, 0.15) is 0 Å². The molecule has 5 nitrogen and oxygen atoms in total. The summed E-state index contributed by atoms with van der Waals surface area (Å²) in [5.74, 6) is 1.12. The highest BCUT2D eigenvalue weighted by Crippen LogP contribution is 2.30. The SMILES string of the molecule is COc1ccc(NC(=S)N2CCN(c3ccc(F)cc3)CC2)cc1OC. The number of halogens is 1. The third-order valence-corrected chi connectivity index (χ3v) is 4.75. The lowest BCUT2D eigenvalue weighted by atomic mass is 10.2. The highest BCUT2D eigenvalue weighted by atomic mass is 32.1. The van der Waals surface area contributed by atoms with Gasteiger partial charge in [0.25, 0.3) is 0 Å². The second kappa shape index (κ2) is 8.23. The second-order valence-electron chi connectivity index (χ2n) is 5.95. The third kappa shape index (κ3) is 4.16. The van der Waals surface area contributed by atoms with E-state index in [-0.39, 0.29) is 5.82 Å². The lowest BCUT2D eigenvalue weighted by molar-refractivity contribution is 0.355. The maximum atomic E-state index is 13.1. The Morgan fingerprint density at radius 2 is 1.62 bits per heavy atom. The summed E-state index contributed by atoms with van der Waals surface area (Å²) in [6.07, 6.45) is 0. The molecule has 3 rings (SSSR count). The molecule has 1 fully saturated rings. The Balaban J connectivity index is 1.57. The van der Waals surface area contributed by atoms with Crippen molar-refractivity contribution in [1.82, 2.24) is 4.90 Å². The fourth-order valence-corrected chi connectivity index (χ4v) is 3.24. The van der Waals surface area contributed by atoms with Crippen molar-refractivity contribution in [3.05, 3.63) is 48.3 Å². The number of methoxy groups -OCH3 is 2. The van der Waals surface area contributed by atoms with Crippen molar-refractivity contribution in [3.8, 4) is 11.5 Å². The van der Waals surface area contributed by atoms with Gasteiger partial charge in [-0.2, -0.15) is 0 Å². The van der Waals surface area contributed by atoms with Crippen LogP contribution in [0.2, 0.25) is 0 Å². The lowest BCUT2D eigenvalue weighted by Crippen LogP contribution is -2.50. The molecule has 0 aromatic heterocycles. The van der Waals surface area contributed by atoms with E-state index in [1.54, 1.807) is 14.2 Å². The van der Waals surface area contributed by atoms with Gasteiger partial charge in [-0.05, 0) is 48.6 Å². The summed E-state index contributed by atoms with van der Waals surface area (Å²) in [6, 6.07) is 12.2. The minimum Gasteiger partial charge on any atom is -0.493 e. The van der Waals surface area contributed by atoms with Gasteiger partial charge in [-0.15, -0.1) is 0 Å².